The van der Waals surface area contributed by atoms with Gasteiger partial charge in [0.1, 0.15) is 52.1 Å². The van der Waals surface area contributed by atoms with Crippen LogP contribution in [0, 0.1) is 57.9 Å². The van der Waals surface area contributed by atoms with E-state index in [1.54, 1.807) is 38.3 Å². The molecule has 0 fully saturated rings. The first-order valence-electron chi connectivity index (χ1n) is 39.4. The first kappa shape index (κ1) is 84.9. The molecule has 12 heterocycles. The van der Waals surface area contributed by atoms with Gasteiger partial charge in [-0.25, -0.2) is 17.6 Å². The normalized spacial score (nSPS) is 11.6. The average Bonchev–Trinajstić information content (AvgIpc) is 1.59. The summed E-state index contributed by atoms with van der Waals surface area (Å²) >= 11 is 0. The molecule has 0 unspecified atom stereocenters. The van der Waals surface area contributed by atoms with Gasteiger partial charge >= 0.3 is 0 Å². The number of pyridine rings is 4. The summed E-state index contributed by atoms with van der Waals surface area (Å²) in [5.41, 5.74) is 17.2. The molecule has 0 aliphatic heterocycles. The topological polar surface area (TPSA) is 258 Å². The molecule has 0 spiro atoms. The monoisotopic (exact) mass is 1630 g/mol. The molecule has 16 rings (SSSR count). The molecule has 0 bridgehead atoms. The van der Waals surface area contributed by atoms with Crippen molar-refractivity contribution in [2.45, 2.75) is 99.4 Å². The molecule has 0 amide bonds. The maximum atomic E-state index is 14.1. The van der Waals surface area contributed by atoms with Crippen molar-refractivity contribution in [1.82, 2.24) is 127 Å². The highest BCUT2D eigenvalue weighted by atomic mass is 19.1. The second kappa shape index (κ2) is 38.2. The van der Waals surface area contributed by atoms with Gasteiger partial charge < -0.3 is 38.4 Å². The summed E-state index contributed by atoms with van der Waals surface area (Å²) < 4.78 is 89.2. The van der Waals surface area contributed by atoms with E-state index in [0.717, 1.165) is 167 Å². The molecule has 120 heavy (non-hydrogen) atoms. The van der Waals surface area contributed by atoms with Crippen molar-refractivity contribution >= 4 is 22.6 Å². The Morgan fingerprint density at radius 3 is 1.15 bits per heavy atom. The van der Waals surface area contributed by atoms with E-state index in [2.05, 4.69) is 81.0 Å². The molecule has 16 aromatic rings. The number of nitrogens with zero attached hydrogens (tertiary/aromatic N) is 26. The molecule has 0 aliphatic rings. The summed E-state index contributed by atoms with van der Waals surface area (Å²) in [6.07, 6.45) is 15.3. The van der Waals surface area contributed by atoms with Gasteiger partial charge in [-0.3, -0.25) is 31.6 Å². The van der Waals surface area contributed by atoms with Crippen molar-refractivity contribution in [3.63, 3.8) is 0 Å². The Morgan fingerprint density at radius 2 is 0.767 bits per heavy atom. The molecule has 12 aromatic heterocycles. The number of rotatable bonds is 28. The van der Waals surface area contributed by atoms with Gasteiger partial charge in [0.25, 0.3) is 0 Å². The summed E-state index contributed by atoms with van der Waals surface area (Å²) in [5.74, 6) is 5.85. The molecule has 0 N–H and O–H groups in total. The van der Waals surface area contributed by atoms with Crippen molar-refractivity contribution in [2.24, 2.45) is 21.1 Å². The number of aromatic nitrogens is 22. The van der Waals surface area contributed by atoms with Crippen LogP contribution in [-0.4, -0.2) is 204 Å². The van der Waals surface area contributed by atoms with Gasteiger partial charge in [0.15, 0.2) is 51.6 Å². The van der Waals surface area contributed by atoms with E-state index in [-0.39, 0.29) is 23.3 Å². The number of hydrogen-bond donors (Lipinski definition) is 0. The molecule has 624 valence electrons. The van der Waals surface area contributed by atoms with Crippen LogP contribution in [0.25, 0.3) is 67.1 Å². The Bertz CT molecular complexity index is 5980. The van der Waals surface area contributed by atoms with E-state index in [1.807, 2.05) is 242 Å². The van der Waals surface area contributed by atoms with Crippen LogP contribution in [0.3, 0.4) is 0 Å². The summed E-state index contributed by atoms with van der Waals surface area (Å²) in [4.78, 5) is 8.17. The van der Waals surface area contributed by atoms with Crippen LogP contribution >= 0.6 is 0 Å². The van der Waals surface area contributed by atoms with E-state index in [1.165, 1.54) is 36.4 Å². The number of hydrogen-bond acceptors (Lipinski definition) is 21. The minimum atomic E-state index is -0.342. The highest BCUT2D eigenvalue weighted by Crippen LogP contribution is 2.35. The number of aryl methyl sites for hydroxylation is 8. The lowest BCUT2D eigenvalue weighted by Gasteiger charge is -2.13. The van der Waals surface area contributed by atoms with Crippen LogP contribution in [0.2, 0.25) is 0 Å². The minimum Gasteiger partial charge on any atom is -0.492 e. The van der Waals surface area contributed by atoms with Crippen molar-refractivity contribution in [3.8, 4) is 61.8 Å². The highest BCUT2D eigenvalue weighted by molar-refractivity contribution is 5.73. The van der Waals surface area contributed by atoms with Crippen molar-refractivity contribution in [3.05, 3.63) is 256 Å². The third-order valence-electron chi connectivity index (χ3n) is 20.1. The molecule has 0 radical (unpaired) electrons. The predicted molar refractivity (Wildman–Crippen MR) is 450 cm³/mol. The van der Waals surface area contributed by atoms with Gasteiger partial charge in [0, 0.05) is 112 Å². The Morgan fingerprint density at radius 1 is 0.375 bits per heavy atom. The second-order valence-corrected chi connectivity index (χ2v) is 30.6. The van der Waals surface area contributed by atoms with E-state index in [4.69, 9.17) is 14.2 Å². The van der Waals surface area contributed by atoms with E-state index >= 15 is 0 Å². The maximum Gasteiger partial charge on any atom is 0.162 e. The van der Waals surface area contributed by atoms with Gasteiger partial charge in [-0.05, 0) is 240 Å². The molecule has 0 saturated carbocycles. The van der Waals surface area contributed by atoms with E-state index < -0.39 is 0 Å². The molecule has 4 aromatic carbocycles. The zero-order valence-electron chi connectivity index (χ0n) is 70.6. The smallest absolute Gasteiger partial charge is 0.162 e. The SMILES string of the molecule is CN(C)Cc1nnc2ccc(-c3ccc(F)cc3OCCc3cnn(C)c3)cn12.Cc1nn(C)c(C)c1OCCc1cc(F)ccc1-c1ccc2nnc(CN(C)C)n2c1.Cc1nnc(C)n1CCCc1cc(F)ccc1-c1ccc2nnc(CN(C)C)n2c1.Cc1nnn(C)c1CCOc1cc(F)ccc1-c1ccc2nnc(CN(C)C)n2c1. The van der Waals surface area contributed by atoms with Crippen LogP contribution < -0.4 is 14.2 Å². The van der Waals surface area contributed by atoms with Crippen molar-refractivity contribution in [1.29, 1.82) is 0 Å². The summed E-state index contributed by atoms with van der Waals surface area (Å²) in [7, 11) is 21.5. The standard InChI is InChI=1S/C23H27FN6O.C22H26FN7.C21H24FN7O.C21H23FN6O/c1-15-23(16(2)29(5)27-15)31-11-10-17-12-19(24)7-8-20(17)18-6-9-21-25-26-22(14-28(3)4)30(21)13-18;1-15-24-25-16(2)29(15)11-5-6-17-12-19(23)8-9-20(17)18-7-10-21-26-27-22(14-28(3)4)30(21)13-18;1-14-18(28(4)26-23-14)9-10-30-19-11-16(22)6-7-17(19)15-5-8-20-24-25-21(13-27(2)3)29(20)12-15;1-26(2)14-21-25-24-20-7-4-16(13-28(20)21)18-6-5-17(22)10-19(18)29-9-8-15-11-23-27(3)12-15/h6-9,12-13H,10-11,14H2,1-5H3;7-10,12-13H,5-6,11,14H2,1-4H3;5-8,11-12H,9-10,13H2,1-4H3;4-7,10-13H,8-9,14H2,1-3H3. The molecular weight excluding hydrogens is 1530 g/mol. The zero-order chi connectivity index (χ0) is 85.0. The summed E-state index contributed by atoms with van der Waals surface area (Å²) in [6.45, 7) is 14.5. The fourth-order valence-corrected chi connectivity index (χ4v) is 14.2. The second-order valence-electron chi connectivity index (χ2n) is 30.6. The van der Waals surface area contributed by atoms with Crippen LogP contribution in [0.5, 0.6) is 17.2 Å². The predicted octanol–water partition coefficient (Wildman–Crippen LogP) is 12.6. The Hall–Kier alpha value is -13.0. The van der Waals surface area contributed by atoms with E-state index in [9.17, 15) is 17.6 Å². The van der Waals surface area contributed by atoms with Gasteiger partial charge in [-0.1, -0.05) is 17.3 Å². The fourth-order valence-electron chi connectivity index (χ4n) is 14.2. The average molecular weight is 1630 g/mol. The number of benzene rings is 4. The summed E-state index contributed by atoms with van der Waals surface area (Å²) in [5, 5.41) is 58.9. The molecule has 33 heteroatoms. The first-order valence-corrected chi connectivity index (χ1v) is 39.4. The van der Waals surface area contributed by atoms with Crippen molar-refractivity contribution in [2.75, 3.05) is 76.2 Å². The molecule has 29 nitrogen and oxygen atoms in total. The molecule has 0 atom stereocenters. The minimum absolute atomic E-state index is 0.218. The van der Waals surface area contributed by atoms with Crippen LogP contribution in [-0.2, 0) is 79.6 Å². The Labute approximate surface area is 693 Å². The van der Waals surface area contributed by atoms with Crippen LogP contribution in [0.1, 0.15) is 80.8 Å². The van der Waals surface area contributed by atoms with Gasteiger partial charge in [0.05, 0.1) is 69.3 Å². The van der Waals surface area contributed by atoms with Crippen molar-refractivity contribution < 1.29 is 31.8 Å². The number of ether oxygens (including phenoxy) is 3. The van der Waals surface area contributed by atoms with E-state index in [0.29, 0.717) is 76.8 Å². The molecule has 0 aliphatic carbocycles. The molecular formula is C87H100F4N26O3. The lowest BCUT2D eigenvalue weighted by molar-refractivity contribution is 0.317. The van der Waals surface area contributed by atoms with Gasteiger partial charge in [-0.15, -0.1) is 56.1 Å². The highest BCUT2D eigenvalue weighted by Gasteiger charge is 2.20. The molecule has 0 saturated heterocycles. The lowest BCUT2D eigenvalue weighted by Crippen LogP contribution is -2.13. The zero-order valence-corrected chi connectivity index (χ0v) is 70.6. The third kappa shape index (κ3) is 20.7. The van der Waals surface area contributed by atoms with Gasteiger partial charge in [-0.2, -0.15) is 10.2 Å². The van der Waals surface area contributed by atoms with Crippen LogP contribution in [0.4, 0.5) is 17.6 Å². The maximum absolute atomic E-state index is 14.1. The fraction of sp³-hybridized carbons (Fsp3) is 0.333. The Kier molecular flexibility index (Phi) is 27.0. The summed E-state index contributed by atoms with van der Waals surface area (Å²) in [6, 6.07) is 34.7. The largest absolute Gasteiger partial charge is 0.492 e. The third-order valence-corrected chi connectivity index (χ3v) is 20.1. The van der Waals surface area contributed by atoms with Crippen LogP contribution in [0.15, 0.2) is 159 Å². The Balaban J connectivity index is 0.000000138. The quantitative estimate of drug-likeness (QED) is 0.0413. The lowest BCUT2D eigenvalue weighted by atomic mass is 9.97. The first-order chi connectivity index (χ1) is 57.7. The number of halogens is 4. The van der Waals surface area contributed by atoms with Gasteiger partial charge in [0.2, 0.25) is 0 Å². The number of fused-ring (bicyclic) bond motifs is 4.